The lowest BCUT2D eigenvalue weighted by atomic mass is 9.81. The molecule has 0 bridgehead atoms. The Morgan fingerprint density at radius 3 is 2.06 bits per heavy atom. The van der Waals surface area contributed by atoms with E-state index in [0.717, 1.165) is 0 Å². The fourth-order valence-corrected chi connectivity index (χ4v) is 2.06. The summed E-state index contributed by atoms with van der Waals surface area (Å²) in [6.07, 6.45) is -2.27. The number of hydrogen-bond acceptors (Lipinski definition) is 3. The molecule has 0 aromatic rings. The van der Waals surface area contributed by atoms with Crippen LogP contribution >= 0.6 is 7.37 Å². The molecule has 0 aromatic carbocycles. The lowest BCUT2D eigenvalue weighted by Crippen LogP contribution is -2.43. The van der Waals surface area contributed by atoms with Crippen molar-refractivity contribution in [3.05, 3.63) is 0 Å². The fourth-order valence-electron chi connectivity index (χ4n) is 1.63. The minimum Gasteiger partial charge on any atom is -0.321 e. The minimum absolute atomic E-state index is 0.500. The molecule has 1 aliphatic rings. The number of alkyl halides is 3. The van der Waals surface area contributed by atoms with Gasteiger partial charge in [-0.3, -0.25) is 9.36 Å². The van der Waals surface area contributed by atoms with Crippen LogP contribution in [0, 0.1) is 0 Å². The summed E-state index contributed by atoms with van der Waals surface area (Å²) in [5.74, 6) is -3.78. The molecule has 0 aromatic heterocycles. The van der Waals surface area contributed by atoms with Gasteiger partial charge in [0.15, 0.2) is 18.8 Å². The molecule has 1 fully saturated rings. The maximum atomic E-state index is 14.0. The first-order valence-electron chi connectivity index (χ1n) is 5.34. The Labute approximate surface area is 98.2 Å². The first-order chi connectivity index (χ1) is 7.54. The Bertz CT molecular complexity index is 341. The van der Waals surface area contributed by atoms with Gasteiger partial charge < -0.3 is 4.52 Å². The van der Waals surface area contributed by atoms with Crippen molar-refractivity contribution in [2.24, 2.45) is 0 Å². The lowest BCUT2D eigenvalue weighted by Gasteiger charge is -2.32. The van der Waals surface area contributed by atoms with Crippen molar-refractivity contribution >= 4 is 13.2 Å². The summed E-state index contributed by atoms with van der Waals surface area (Å²) in [6, 6.07) is 0. The van der Waals surface area contributed by atoms with Gasteiger partial charge in [0.1, 0.15) is 6.61 Å². The van der Waals surface area contributed by atoms with Crippen LogP contribution in [0.15, 0.2) is 0 Å². The van der Waals surface area contributed by atoms with Crippen molar-refractivity contribution in [1.82, 2.24) is 0 Å². The van der Waals surface area contributed by atoms with E-state index in [1.165, 1.54) is 13.3 Å². The van der Waals surface area contributed by atoms with E-state index in [4.69, 9.17) is 4.52 Å². The van der Waals surface area contributed by atoms with Crippen LogP contribution in [0.2, 0.25) is 0 Å². The highest BCUT2D eigenvalue weighted by Gasteiger charge is 2.48. The van der Waals surface area contributed by atoms with Crippen LogP contribution in [-0.4, -0.2) is 37.3 Å². The van der Waals surface area contributed by atoms with Gasteiger partial charge in [-0.05, 0) is 12.8 Å². The smallest absolute Gasteiger partial charge is 0.248 e. The van der Waals surface area contributed by atoms with Crippen LogP contribution in [0.5, 0.6) is 0 Å². The minimum atomic E-state index is -2.89. The number of ketones is 1. The van der Waals surface area contributed by atoms with Crippen molar-refractivity contribution in [2.45, 2.75) is 37.3 Å². The normalized spacial score (nSPS) is 23.4. The predicted molar refractivity (Wildman–Crippen MR) is 57.7 cm³/mol. The summed E-state index contributed by atoms with van der Waals surface area (Å²) >= 11 is 0. The van der Waals surface area contributed by atoms with Gasteiger partial charge in [-0.25, -0.2) is 13.2 Å². The maximum absolute atomic E-state index is 14.0. The second kappa shape index (κ2) is 4.73. The molecular weight excluding hydrogens is 256 g/mol. The van der Waals surface area contributed by atoms with Gasteiger partial charge in [-0.1, -0.05) is 0 Å². The highest BCUT2D eigenvalue weighted by atomic mass is 31.2. The average Bonchev–Trinajstić information content (AvgIpc) is 2.18. The number of Topliss-reactive ketones (excluding diaryl/α,β-unsaturated/α-hetero) is 1. The van der Waals surface area contributed by atoms with Gasteiger partial charge in [-0.2, -0.15) is 0 Å². The topological polar surface area (TPSA) is 43.4 Å². The zero-order valence-corrected chi connectivity index (χ0v) is 10.7. The van der Waals surface area contributed by atoms with Crippen molar-refractivity contribution in [3.8, 4) is 0 Å². The molecule has 3 nitrogen and oxygen atoms in total. The van der Waals surface area contributed by atoms with E-state index in [1.807, 2.05) is 0 Å². The molecule has 1 saturated carbocycles. The SMILES string of the molecule is CP(C)(=O)OCC(=O)C1(F)CCC(F)(F)CC1. The summed E-state index contributed by atoms with van der Waals surface area (Å²) in [7, 11) is -2.86. The van der Waals surface area contributed by atoms with E-state index in [9.17, 15) is 22.5 Å². The van der Waals surface area contributed by atoms with Gasteiger partial charge in [0.25, 0.3) is 0 Å². The summed E-state index contributed by atoms with van der Waals surface area (Å²) in [5, 5.41) is 0. The third-order valence-corrected chi connectivity index (χ3v) is 3.53. The fraction of sp³-hybridized carbons (Fsp3) is 0.900. The molecule has 0 atom stereocenters. The number of hydrogen-bond donors (Lipinski definition) is 0. The third kappa shape index (κ3) is 4.43. The summed E-state index contributed by atoms with van der Waals surface area (Å²) in [5.41, 5.74) is -2.25. The molecule has 0 saturated heterocycles. The zero-order chi connectivity index (χ0) is 13.3. The number of carbonyl (C=O) groups is 1. The zero-order valence-electron chi connectivity index (χ0n) is 9.84. The predicted octanol–water partition coefficient (Wildman–Crippen LogP) is 3.03. The number of carbonyl (C=O) groups excluding carboxylic acids is 1. The van der Waals surface area contributed by atoms with Crippen LogP contribution in [0.3, 0.4) is 0 Å². The van der Waals surface area contributed by atoms with E-state index >= 15 is 0 Å². The van der Waals surface area contributed by atoms with Crippen molar-refractivity contribution in [2.75, 3.05) is 19.9 Å². The molecule has 0 radical (unpaired) electrons. The van der Waals surface area contributed by atoms with E-state index in [-0.39, 0.29) is 0 Å². The second-order valence-electron chi connectivity index (χ2n) is 4.77. The van der Waals surface area contributed by atoms with Crippen LogP contribution in [0.1, 0.15) is 25.7 Å². The summed E-state index contributed by atoms with van der Waals surface area (Å²) < 4.78 is 55.6. The second-order valence-corrected chi connectivity index (χ2v) is 7.53. The monoisotopic (exact) mass is 272 g/mol. The van der Waals surface area contributed by atoms with Gasteiger partial charge in [0.05, 0.1) is 0 Å². The molecule has 0 heterocycles. The van der Waals surface area contributed by atoms with Gasteiger partial charge in [0.2, 0.25) is 5.92 Å². The van der Waals surface area contributed by atoms with Gasteiger partial charge in [-0.15, -0.1) is 0 Å². The molecular formula is C10H16F3O3P. The van der Waals surface area contributed by atoms with Crippen LogP contribution in [-0.2, 0) is 13.9 Å². The van der Waals surface area contributed by atoms with E-state index in [2.05, 4.69) is 0 Å². The summed E-state index contributed by atoms with van der Waals surface area (Å²) in [4.78, 5) is 11.5. The Hall–Kier alpha value is -0.350. The van der Waals surface area contributed by atoms with Crippen LogP contribution < -0.4 is 0 Å². The highest BCUT2D eigenvalue weighted by molar-refractivity contribution is 7.57. The van der Waals surface area contributed by atoms with Crippen molar-refractivity contribution < 1.29 is 27.1 Å². The molecule has 0 unspecified atom stereocenters. The van der Waals surface area contributed by atoms with Crippen molar-refractivity contribution in [3.63, 3.8) is 0 Å². The Kier molecular flexibility index (Phi) is 4.09. The lowest BCUT2D eigenvalue weighted by molar-refractivity contribution is -0.141. The molecule has 0 spiro atoms. The molecule has 1 rings (SSSR count). The Balaban J connectivity index is 2.55. The standard InChI is InChI=1S/C10H16F3O3P/c1-17(2,15)16-7-8(14)9(11)3-5-10(12,13)6-4-9/h3-7H2,1-2H3. The van der Waals surface area contributed by atoms with Crippen LogP contribution in [0.25, 0.3) is 0 Å². The molecule has 0 N–H and O–H groups in total. The average molecular weight is 272 g/mol. The number of rotatable bonds is 4. The highest BCUT2D eigenvalue weighted by Crippen LogP contribution is 2.42. The Morgan fingerprint density at radius 2 is 1.65 bits per heavy atom. The first kappa shape index (κ1) is 14.7. The van der Waals surface area contributed by atoms with E-state index < -0.39 is 57.0 Å². The third-order valence-electron chi connectivity index (χ3n) is 2.78. The van der Waals surface area contributed by atoms with Gasteiger partial charge in [0, 0.05) is 26.2 Å². The van der Waals surface area contributed by atoms with Crippen LogP contribution in [0.4, 0.5) is 13.2 Å². The van der Waals surface area contributed by atoms with Gasteiger partial charge >= 0.3 is 0 Å². The maximum Gasteiger partial charge on any atom is 0.248 e. The largest absolute Gasteiger partial charge is 0.321 e. The number of halogens is 3. The molecule has 7 heteroatoms. The molecule has 0 aliphatic heterocycles. The molecule has 1 aliphatic carbocycles. The van der Waals surface area contributed by atoms with E-state index in [1.54, 1.807) is 0 Å². The molecule has 100 valence electrons. The van der Waals surface area contributed by atoms with Crippen molar-refractivity contribution in [1.29, 1.82) is 0 Å². The first-order valence-corrected chi connectivity index (χ1v) is 7.86. The molecule has 17 heavy (non-hydrogen) atoms. The summed E-state index contributed by atoms with van der Waals surface area (Å²) in [6.45, 7) is 1.99. The van der Waals surface area contributed by atoms with E-state index in [0.29, 0.717) is 0 Å². The molecule has 0 amide bonds. The quantitative estimate of drug-likeness (QED) is 0.739. The Morgan fingerprint density at radius 1 is 1.18 bits per heavy atom.